The Kier molecular flexibility index (Phi) is 3.53. The Morgan fingerprint density at radius 1 is 1.24 bits per heavy atom. The molecule has 4 rings (SSSR count). The van der Waals surface area contributed by atoms with Crippen LogP contribution in [0.15, 0.2) is 17.4 Å². The summed E-state index contributed by atoms with van der Waals surface area (Å²) in [5.74, 6) is 0.408. The van der Waals surface area contributed by atoms with Crippen molar-refractivity contribution in [3.8, 4) is 5.88 Å². The van der Waals surface area contributed by atoms with Crippen molar-refractivity contribution in [2.24, 2.45) is 0 Å². The van der Waals surface area contributed by atoms with Crippen LogP contribution in [-0.4, -0.2) is 45.1 Å². The number of hydrogen-bond donors (Lipinski definition) is 1. The molecule has 0 atom stereocenters. The Bertz CT molecular complexity index is 1080. The monoisotopic (exact) mass is 361 g/mol. The lowest BCUT2D eigenvalue weighted by Gasteiger charge is -2.06. The number of sulfonamides is 1. The molecule has 1 N–H and O–H groups in total. The molecular weight excluding hydrogens is 346 g/mol. The van der Waals surface area contributed by atoms with E-state index in [0.29, 0.717) is 5.69 Å². The Balaban J connectivity index is 1.73. The van der Waals surface area contributed by atoms with E-state index in [1.54, 1.807) is 19.2 Å². The maximum absolute atomic E-state index is 12.6. The van der Waals surface area contributed by atoms with E-state index < -0.39 is 10.0 Å². The quantitative estimate of drug-likeness (QED) is 0.713. The van der Waals surface area contributed by atoms with Crippen LogP contribution in [-0.2, 0) is 22.9 Å². The van der Waals surface area contributed by atoms with Gasteiger partial charge in [-0.2, -0.15) is 22.9 Å². The number of aromatic nitrogens is 6. The molecule has 3 aromatic heterocycles. The fourth-order valence-corrected chi connectivity index (χ4v) is 3.60. The lowest BCUT2D eigenvalue weighted by atomic mass is 10.3. The van der Waals surface area contributed by atoms with Crippen LogP contribution in [0.5, 0.6) is 5.88 Å². The molecule has 0 aromatic carbocycles. The lowest BCUT2D eigenvalue weighted by Crippen LogP contribution is -2.17. The Labute approximate surface area is 143 Å². The summed E-state index contributed by atoms with van der Waals surface area (Å²) < 4.78 is 34.0. The average Bonchev–Trinajstić information content (AvgIpc) is 3.19. The van der Waals surface area contributed by atoms with Gasteiger partial charge in [0.05, 0.1) is 12.8 Å². The standard InChI is InChI=1S/C14H15N7O3S/c1-8-6-11(24-2)17-12(16-8)20-25(22,23)14-18-13-15-7-9-4-3-5-10(9)21(13)19-14/h6-7H,3-5H2,1-2H3,(H,16,17,20). The molecule has 0 fully saturated rings. The van der Waals surface area contributed by atoms with Crippen LogP contribution in [0, 0.1) is 6.92 Å². The maximum Gasteiger partial charge on any atom is 0.301 e. The number of anilines is 1. The zero-order valence-corrected chi connectivity index (χ0v) is 14.4. The van der Waals surface area contributed by atoms with Gasteiger partial charge in [0.1, 0.15) is 0 Å². The minimum Gasteiger partial charge on any atom is -0.481 e. The summed E-state index contributed by atoms with van der Waals surface area (Å²) in [6.45, 7) is 1.71. The topological polar surface area (TPSA) is 124 Å². The summed E-state index contributed by atoms with van der Waals surface area (Å²) >= 11 is 0. The van der Waals surface area contributed by atoms with E-state index in [1.807, 2.05) is 0 Å². The van der Waals surface area contributed by atoms with Crippen LogP contribution in [0.1, 0.15) is 23.4 Å². The third-order valence-corrected chi connectivity index (χ3v) is 5.00. The molecule has 1 aliphatic rings. The van der Waals surface area contributed by atoms with Crippen molar-refractivity contribution in [3.63, 3.8) is 0 Å². The normalized spacial score (nSPS) is 13.8. The van der Waals surface area contributed by atoms with E-state index in [4.69, 9.17) is 4.74 Å². The molecule has 0 radical (unpaired) electrons. The minimum absolute atomic E-state index is 0.103. The first-order chi connectivity index (χ1) is 12.0. The van der Waals surface area contributed by atoms with Gasteiger partial charge in [0, 0.05) is 18.0 Å². The minimum atomic E-state index is -4.05. The van der Waals surface area contributed by atoms with Gasteiger partial charge in [-0.05, 0) is 31.7 Å². The second kappa shape index (κ2) is 5.62. The summed E-state index contributed by atoms with van der Waals surface area (Å²) in [7, 11) is -2.61. The zero-order chi connectivity index (χ0) is 17.6. The molecule has 0 unspecified atom stereocenters. The van der Waals surface area contributed by atoms with E-state index in [2.05, 4.69) is 29.8 Å². The molecule has 3 heterocycles. The molecule has 1 aliphatic carbocycles. The van der Waals surface area contributed by atoms with Crippen molar-refractivity contribution >= 4 is 21.7 Å². The molecule has 0 aliphatic heterocycles. The van der Waals surface area contributed by atoms with E-state index in [-0.39, 0.29) is 22.8 Å². The van der Waals surface area contributed by atoms with Crippen molar-refractivity contribution in [2.75, 3.05) is 11.8 Å². The number of ether oxygens (including phenoxy) is 1. The largest absolute Gasteiger partial charge is 0.481 e. The SMILES string of the molecule is COc1cc(C)nc(NS(=O)(=O)c2nc3ncc4c(n3n2)CCC4)n1. The summed E-state index contributed by atoms with van der Waals surface area (Å²) in [5.41, 5.74) is 2.58. The van der Waals surface area contributed by atoms with Crippen molar-refractivity contribution in [1.82, 2.24) is 29.5 Å². The molecule has 0 bridgehead atoms. The van der Waals surface area contributed by atoms with Gasteiger partial charge < -0.3 is 4.74 Å². The molecule has 0 amide bonds. The molecule has 3 aromatic rings. The number of rotatable bonds is 4. The molecule has 10 nitrogen and oxygen atoms in total. The average molecular weight is 361 g/mol. The number of nitrogens with zero attached hydrogens (tertiary/aromatic N) is 6. The molecule has 25 heavy (non-hydrogen) atoms. The number of methoxy groups -OCH3 is 1. The van der Waals surface area contributed by atoms with Crippen molar-refractivity contribution in [3.05, 3.63) is 29.2 Å². The Morgan fingerprint density at radius 2 is 2.08 bits per heavy atom. The van der Waals surface area contributed by atoms with Crippen LogP contribution in [0.25, 0.3) is 5.78 Å². The summed E-state index contributed by atoms with van der Waals surface area (Å²) in [6.07, 6.45) is 4.45. The van der Waals surface area contributed by atoms with Gasteiger partial charge in [-0.3, -0.25) is 0 Å². The Hall–Kier alpha value is -2.82. The summed E-state index contributed by atoms with van der Waals surface area (Å²) in [6, 6.07) is 1.59. The third kappa shape index (κ3) is 2.76. The highest BCUT2D eigenvalue weighted by atomic mass is 32.2. The lowest BCUT2D eigenvalue weighted by molar-refractivity contribution is 0.397. The van der Waals surface area contributed by atoms with Gasteiger partial charge in [-0.25, -0.2) is 14.7 Å². The van der Waals surface area contributed by atoms with Crippen LogP contribution < -0.4 is 9.46 Å². The van der Waals surface area contributed by atoms with Gasteiger partial charge in [-0.15, -0.1) is 5.10 Å². The highest BCUT2D eigenvalue weighted by molar-refractivity contribution is 7.92. The molecule has 0 spiro atoms. The van der Waals surface area contributed by atoms with Crippen molar-refractivity contribution < 1.29 is 13.2 Å². The number of nitrogens with one attached hydrogen (secondary N) is 1. The molecule has 0 saturated heterocycles. The molecule has 0 saturated carbocycles. The molecular formula is C14H15N7O3S. The first kappa shape index (κ1) is 15.7. The van der Waals surface area contributed by atoms with E-state index >= 15 is 0 Å². The van der Waals surface area contributed by atoms with Crippen LogP contribution in [0.3, 0.4) is 0 Å². The maximum atomic E-state index is 12.6. The third-order valence-electron chi connectivity index (χ3n) is 3.90. The second-order valence-electron chi connectivity index (χ2n) is 5.67. The Morgan fingerprint density at radius 3 is 2.88 bits per heavy atom. The predicted molar refractivity (Wildman–Crippen MR) is 86.9 cm³/mol. The smallest absolute Gasteiger partial charge is 0.301 e. The van der Waals surface area contributed by atoms with Crippen LogP contribution in [0.2, 0.25) is 0 Å². The van der Waals surface area contributed by atoms with Gasteiger partial charge >= 0.3 is 10.0 Å². The van der Waals surface area contributed by atoms with E-state index in [9.17, 15) is 8.42 Å². The summed E-state index contributed by atoms with van der Waals surface area (Å²) in [5, 5.41) is 3.75. The first-order valence-electron chi connectivity index (χ1n) is 7.62. The predicted octanol–water partition coefficient (Wildman–Crippen LogP) is 0.521. The van der Waals surface area contributed by atoms with Gasteiger partial charge in [-0.1, -0.05) is 0 Å². The van der Waals surface area contributed by atoms with Crippen molar-refractivity contribution in [2.45, 2.75) is 31.3 Å². The second-order valence-corrected chi connectivity index (χ2v) is 7.25. The number of aryl methyl sites for hydroxylation is 3. The van der Waals surface area contributed by atoms with Gasteiger partial charge in [0.2, 0.25) is 11.8 Å². The highest BCUT2D eigenvalue weighted by Gasteiger charge is 2.25. The van der Waals surface area contributed by atoms with E-state index in [1.165, 1.54) is 11.6 Å². The molecule has 11 heteroatoms. The fraction of sp³-hybridized carbons (Fsp3) is 0.357. The van der Waals surface area contributed by atoms with Gasteiger partial charge in [0.15, 0.2) is 0 Å². The van der Waals surface area contributed by atoms with Crippen LogP contribution in [0.4, 0.5) is 5.95 Å². The highest BCUT2D eigenvalue weighted by Crippen LogP contribution is 2.22. The first-order valence-corrected chi connectivity index (χ1v) is 9.10. The van der Waals surface area contributed by atoms with Crippen molar-refractivity contribution in [1.29, 1.82) is 0 Å². The fourth-order valence-electron chi connectivity index (χ4n) is 2.79. The molecule has 130 valence electrons. The van der Waals surface area contributed by atoms with E-state index in [0.717, 1.165) is 30.5 Å². The summed E-state index contributed by atoms with van der Waals surface area (Å²) in [4.78, 5) is 16.2. The van der Waals surface area contributed by atoms with Gasteiger partial charge in [0.25, 0.3) is 10.9 Å². The number of fused-ring (bicyclic) bond motifs is 3. The van der Waals surface area contributed by atoms with Crippen LogP contribution >= 0.6 is 0 Å². The number of hydrogen-bond acceptors (Lipinski definition) is 8. The zero-order valence-electron chi connectivity index (χ0n) is 13.6.